The van der Waals surface area contributed by atoms with Gasteiger partial charge < -0.3 is 15.3 Å². The van der Waals surface area contributed by atoms with E-state index in [1.165, 1.54) is 24.0 Å². The summed E-state index contributed by atoms with van der Waals surface area (Å²) in [5.41, 5.74) is 3.68. The van der Waals surface area contributed by atoms with Crippen molar-refractivity contribution in [2.75, 3.05) is 18.4 Å². The number of aryl methyl sites for hydroxylation is 1. The minimum atomic E-state index is -0.450. The Hall–Kier alpha value is -1.55. The Morgan fingerprint density at radius 2 is 2.00 bits per heavy atom. The van der Waals surface area contributed by atoms with Crippen molar-refractivity contribution in [1.29, 1.82) is 0 Å². The number of anilines is 1. The van der Waals surface area contributed by atoms with E-state index in [9.17, 15) is 9.90 Å². The van der Waals surface area contributed by atoms with E-state index < -0.39 is 6.10 Å². The Morgan fingerprint density at radius 1 is 1.25 bits per heavy atom. The summed E-state index contributed by atoms with van der Waals surface area (Å²) in [5.74, 6) is 0.242. The summed E-state index contributed by atoms with van der Waals surface area (Å²) in [4.78, 5) is 14.4. The molecule has 1 fully saturated rings. The number of nitrogens with zero attached hydrogens (tertiary/aromatic N) is 1. The van der Waals surface area contributed by atoms with E-state index in [0.717, 1.165) is 24.9 Å². The van der Waals surface area contributed by atoms with Crippen LogP contribution in [0.25, 0.3) is 0 Å². The molecule has 1 aromatic rings. The lowest BCUT2D eigenvalue weighted by Crippen LogP contribution is -2.51. The van der Waals surface area contributed by atoms with E-state index in [-0.39, 0.29) is 17.4 Å². The van der Waals surface area contributed by atoms with Gasteiger partial charge in [0.25, 0.3) is 0 Å². The third kappa shape index (κ3) is 3.59. The van der Waals surface area contributed by atoms with Crippen molar-refractivity contribution in [2.45, 2.75) is 59.0 Å². The highest BCUT2D eigenvalue weighted by molar-refractivity contribution is 5.90. The first kappa shape index (κ1) is 17.3. The number of fused-ring (bicyclic) bond motifs is 1. The quantitative estimate of drug-likeness (QED) is 0.822. The van der Waals surface area contributed by atoms with E-state index in [4.69, 9.17) is 0 Å². The molecule has 2 aliphatic rings. The molecule has 2 atom stereocenters. The van der Waals surface area contributed by atoms with Crippen LogP contribution in [0.15, 0.2) is 18.2 Å². The van der Waals surface area contributed by atoms with Crippen LogP contribution in [0, 0.1) is 11.3 Å². The number of rotatable bonds is 1. The fraction of sp³-hybridized carbons (Fsp3) is 0.650. The first-order valence-corrected chi connectivity index (χ1v) is 9.21. The first-order valence-electron chi connectivity index (χ1n) is 9.21. The second-order valence-electron chi connectivity index (χ2n) is 8.36. The molecular weight excluding hydrogens is 300 g/mol. The molecule has 0 aromatic heterocycles. The highest BCUT2D eigenvalue weighted by Gasteiger charge is 2.37. The molecule has 3 rings (SSSR count). The molecule has 4 heteroatoms. The highest BCUT2D eigenvalue weighted by atomic mass is 16.3. The summed E-state index contributed by atoms with van der Waals surface area (Å²) in [6, 6.07) is 6.12. The zero-order valence-electron chi connectivity index (χ0n) is 15.1. The molecule has 132 valence electrons. The van der Waals surface area contributed by atoms with Crippen molar-refractivity contribution in [2.24, 2.45) is 11.3 Å². The first-order chi connectivity index (χ1) is 11.4. The number of urea groups is 1. The molecule has 1 aliphatic carbocycles. The fourth-order valence-electron chi connectivity index (χ4n) is 4.22. The summed E-state index contributed by atoms with van der Waals surface area (Å²) in [7, 11) is 0. The summed E-state index contributed by atoms with van der Waals surface area (Å²) in [5, 5.41) is 13.6. The molecular formula is C20H30N2O2. The van der Waals surface area contributed by atoms with Crippen LogP contribution >= 0.6 is 0 Å². The van der Waals surface area contributed by atoms with Gasteiger partial charge in [0.2, 0.25) is 0 Å². The molecule has 0 bridgehead atoms. The third-order valence-electron chi connectivity index (χ3n) is 5.62. The van der Waals surface area contributed by atoms with Crippen molar-refractivity contribution in [3.63, 3.8) is 0 Å². The number of likely N-dealkylation sites (tertiary alicyclic amines) is 1. The van der Waals surface area contributed by atoms with E-state index in [0.29, 0.717) is 13.1 Å². The largest absolute Gasteiger partial charge is 0.391 e. The van der Waals surface area contributed by atoms with Gasteiger partial charge in [-0.1, -0.05) is 32.9 Å². The number of amides is 2. The minimum absolute atomic E-state index is 0.0699. The van der Waals surface area contributed by atoms with Crippen LogP contribution in [-0.2, 0) is 12.8 Å². The molecule has 1 heterocycles. The minimum Gasteiger partial charge on any atom is -0.391 e. The van der Waals surface area contributed by atoms with Gasteiger partial charge in [0, 0.05) is 18.8 Å². The molecule has 0 unspecified atom stereocenters. The van der Waals surface area contributed by atoms with E-state index in [1.54, 1.807) is 4.90 Å². The standard InChI is InChI=1S/C20H30N2O2/c1-20(2,3)16-11-12-22(13-18(16)23)19(24)21-17-10-6-8-14-7-4-5-9-15(14)17/h6,8,10,16,18,23H,4-5,7,9,11-13H2,1-3H3,(H,21,24)/t16-,18+/m1/s1. The van der Waals surface area contributed by atoms with Crippen LogP contribution < -0.4 is 5.32 Å². The monoisotopic (exact) mass is 330 g/mol. The Bertz CT molecular complexity index is 606. The van der Waals surface area contributed by atoms with Crippen molar-refractivity contribution in [3.8, 4) is 0 Å². The van der Waals surface area contributed by atoms with Gasteiger partial charge in [0.1, 0.15) is 0 Å². The maximum Gasteiger partial charge on any atom is 0.321 e. The van der Waals surface area contributed by atoms with Gasteiger partial charge in [-0.2, -0.15) is 0 Å². The summed E-state index contributed by atoms with van der Waals surface area (Å²) in [6.45, 7) is 7.61. The predicted molar refractivity (Wildman–Crippen MR) is 97.2 cm³/mol. The molecule has 1 saturated heterocycles. The smallest absolute Gasteiger partial charge is 0.321 e. The SMILES string of the molecule is CC(C)(C)[C@@H]1CCN(C(=O)Nc2cccc3c2CCCC3)C[C@@H]1O. The average molecular weight is 330 g/mol. The second-order valence-corrected chi connectivity index (χ2v) is 8.36. The maximum absolute atomic E-state index is 12.7. The number of hydrogen-bond donors (Lipinski definition) is 2. The summed E-state index contributed by atoms with van der Waals surface area (Å²) in [6.07, 6.45) is 4.97. The zero-order chi connectivity index (χ0) is 17.3. The molecule has 4 nitrogen and oxygen atoms in total. The molecule has 1 aliphatic heterocycles. The molecule has 0 spiro atoms. The summed E-state index contributed by atoms with van der Waals surface area (Å²) >= 11 is 0. The van der Waals surface area contributed by atoms with Gasteiger partial charge in [0.05, 0.1) is 6.10 Å². The van der Waals surface area contributed by atoms with Gasteiger partial charge in [-0.05, 0) is 60.6 Å². The number of nitrogens with one attached hydrogen (secondary N) is 1. The van der Waals surface area contributed by atoms with Crippen LogP contribution in [-0.4, -0.2) is 35.2 Å². The van der Waals surface area contributed by atoms with E-state index in [1.807, 2.05) is 12.1 Å². The van der Waals surface area contributed by atoms with Crippen LogP contribution in [0.5, 0.6) is 0 Å². The number of piperidine rings is 1. The fourth-order valence-corrected chi connectivity index (χ4v) is 4.22. The second kappa shape index (κ2) is 6.75. The van der Waals surface area contributed by atoms with Gasteiger partial charge in [-0.25, -0.2) is 4.79 Å². The molecule has 0 saturated carbocycles. The Balaban J connectivity index is 1.67. The number of aliphatic hydroxyl groups excluding tert-OH is 1. The summed E-state index contributed by atoms with van der Waals surface area (Å²) < 4.78 is 0. The molecule has 1 aromatic carbocycles. The normalized spacial score (nSPS) is 24.4. The van der Waals surface area contributed by atoms with Gasteiger partial charge in [-0.3, -0.25) is 0 Å². The lowest BCUT2D eigenvalue weighted by Gasteiger charge is -2.42. The van der Waals surface area contributed by atoms with Gasteiger partial charge in [-0.15, -0.1) is 0 Å². The predicted octanol–water partition coefficient (Wildman–Crippen LogP) is 3.83. The third-order valence-corrected chi connectivity index (χ3v) is 5.62. The number of aliphatic hydroxyl groups is 1. The average Bonchev–Trinajstić information content (AvgIpc) is 2.54. The van der Waals surface area contributed by atoms with Gasteiger partial charge in [0.15, 0.2) is 0 Å². The number of β-amino-alcohol motifs (C(OH)–C–C–N with tert-alkyl or cyclic N) is 1. The molecule has 24 heavy (non-hydrogen) atoms. The van der Waals surface area contributed by atoms with E-state index in [2.05, 4.69) is 32.2 Å². The number of carbonyl (C=O) groups excluding carboxylic acids is 1. The topological polar surface area (TPSA) is 52.6 Å². The lowest BCUT2D eigenvalue weighted by molar-refractivity contribution is -0.0108. The zero-order valence-corrected chi connectivity index (χ0v) is 15.1. The molecule has 2 amide bonds. The highest BCUT2D eigenvalue weighted by Crippen LogP contribution is 2.35. The Kier molecular flexibility index (Phi) is 4.86. The maximum atomic E-state index is 12.7. The number of hydrogen-bond acceptors (Lipinski definition) is 2. The van der Waals surface area contributed by atoms with Gasteiger partial charge >= 0.3 is 6.03 Å². The van der Waals surface area contributed by atoms with Crippen molar-refractivity contribution >= 4 is 11.7 Å². The lowest BCUT2D eigenvalue weighted by atomic mass is 9.74. The van der Waals surface area contributed by atoms with Crippen LogP contribution in [0.3, 0.4) is 0 Å². The van der Waals surface area contributed by atoms with Crippen LogP contribution in [0.2, 0.25) is 0 Å². The van der Waals surface area contributed by atoms with E-state index >= 15 is 0 Å². The number of carbonyl (C=O) groups is 1. The van der Waals surface area contributed by atoms with Crippen molar-refractivity contribution in [1.82, 2.24) is 4.90 Å². The Morgan fingerprint density at radius 3 is 2.71 bits per heavy atom. The molecule has 0 radical (unpaired) electrons. The van der Waals surface area contributed by atoms with Crippen LogP contribution in [0.1, 0.15) is 51.2 Å². The van der Waals surface area contributed by atoms with Crippen molar-refractivity contribution in [3.05, 3.63) is 29.3 Å². The number of benzene rings is 1. The van der Waals surface area contributed by atoms with Crippen LogP contribution in [0.4, 0.5) is 10.5 Å². The van der Waals surface area contributed by atoms with Crippen molar-refractivity contribution < 1.29 is 9.90 Å². The molecule has 2 N–H and O–H groups in total. The Labute approximate surface area is 145 Å².